The fourth-order valence-corrected chi connectivity index (χ4v) is 0.535. The summed E-state index contributed by atoms with van der Waals surface area (Å²) in [5, 5.41) is 16.7. The molecule has 1 atom stereocenters. The molecule has 0 saturated carbocycles. The molecule has 0 aliphatic rings. The van der Waals surface area contributed by atoms with E-state index in [0.29, 0.717) is 0 Å². The highest BCUT2D eigenvalue weighted by Gasteiger charge is 2.15. The van der Waals surface area contributed by atoms with Crippen LogP contribution in [0.2, 0.25) is 5.82 Å². The SMILES string of the molecule is CC(CI)B(O)O. The maximum Gasteiger partial charge on any atom is 0.455 e. The number of hydrogen-bond donors (Lipinski definition) is 2. The third-order valence-electron chi connectivity index (χ3n) is 0.752. The van der Waals surface area contributed by atoms with Crippen LogP contribution >= 0.6 is 22.6 Å². The van der Waals surface area contributed by atoms with E-state index in [1.54, 1.807) is 6.92 Å². The molecule has 4 heteroatoms. The predicted molar refractivity (Wildman–Crippen MR) is 38.5 cm³/mol. The molecule has 0 radical (unpaired) electrons. The van der Waals surface area contributed by atoms with Crippen LogP contribution in [0.1, 0.15) is 6.92 Å². The zero-order valence-corrected chi connectivity index (χ0v) is 6.29. The molecule has 0 aromatic carbocycles. The van der Waals surface area contributed by atoms with Gasteiger partial charge in [-0.1, -0.05) is 29.5 Å². The Labute approximate surface area is 57.2 Å². The van der Waals surface area contributed by atoms with E-state index in [1.165, 1.54) is 0 Å². The molecule has 0 heterocycles. The number of hydrogen-bond acceptors (Lipinski definition) is 2. The van der Waals surface area contributed by atoms with E-state index < -0.39 is 7.12 Å². The Hall–Kier alpha value is 0.715. The van der Waals surface area contributed by atoms with Gasteiger partial charge in [-0.3, -0.25) is 0 Å². The first kappa shape index (κ1) is 7.71. The van der Waals surface area contributed by atoms with Gasteiger partial charge >= 0.3 is 7.12 Å². The summed E-state index contributed by atoms with van der Waals surface area (Å²) in [4.78, 5) is 0. The molecule has 7 heavy (non-hydrogen) atoms. The molecule has 0 spiro atoms. The smallest absolute Gasteiger partial charge is 0.427 e. The van der Waals surface area contributed by atoms with Gasteiger partial charge in [0.05, 0.1) is 0 Å². The first-order valence-corrected chi connectivity index (χ1v) is 3.63. The Morgan fingerprint density at radius 2 is 2.14 bits per heavy atom. The van der Waals surface area contributed by atoms with Crippen molar-refractivity contribution in [2.75, 3.05) is 4.43 Å². The van der Waals surface area contributed by atoms with Crippen molar-refractivity contribution in [3.8, 4) is 0 Å². The minimum atomic E-state index is -1.14. The molecule has 0 bridgehead atoms. The van der Waals surface area contributed by atoms with Gasteiger partial charge in [0.15, 0.2) is 0 Å². The van der Waals surface area contributed by atoms with Crippen molar-refractivity contribution in [2.24, 2.45) is 0 Å². The summed E-state index contributed by atoms with van der Waals surface area (Å²) in [6.45, 7) is 1.79. The maximum atomic E-state index is 8.37. The summed E-state index contributed by atoms with van der Waals surface area (Å²) in [6.07, 6.45) is 0. The number of rotatable bonds is 2. The van der Waals surface area contributed by atoms with Crippen LogP contribution in [-0.2, 0) is 0 Å². The lowest BCUT2D eigenvalue weighted by Gasteiger charge is -2.01. The number of alkyl halides is 1. The van der Waals surface area contributed by atoms with Crippen LogP contribution in [0.3, 0.4) is 0 Å². The predicted octanol–water partition coefficient (Wildman–Crippen LogP) is 0.284. The third kappa shape index (κ3) is 3.31. The molecule has 0 fully saturated rings. The van der Waals surface area contributed by atoms with E-state index in [4.69, 9.17) is 10.0 Å². The van der Waals surface area contributed by atoms with Gasteiger partial charge in [0.25, 0.3) is 0 Å². The Morgan fingerprint density at radius 1 is 1.71 bits per heavy atom. The lowest BCUT2D eigenvalue weighted by Crippen LogP contribution is -2.18. The fraction of sp³-hybridized carbons (Fsp3) is 1.00. The van der Waals surface area contributed by atoms with Crippen molar-refractivity contribution in [2.45, 2.75) is 12.7 Å². The van der Waals surface area contributed by atoms with Gasteiger partial charge in [-0.15, -0.1) is 0 Å². The van der Waals surface area contributed by atoms with Crippen LogP contribution < -0.4 is 0 Å². The lowest BCUT2D eigenvalue weighted by atomic mass is 9.76. The standard InChI is InChI=1S/C3H8BIO2/c1-3(2-5)4(6)7/h3,6-7H,2H2,1H3. The minimum absolute atomic E-state index is 0.000556. The Balaban J connectivity index is 3.14. The van der Waals surface area contributed by atoms with Crippen molar-refractivity contribution >= 4 is 29.7 Å². The highest BCUT2D eigenvalue weighted by molar-refractivity contribution is 14.1. The lowest BCUT2D eigenvalue weighted by molar-refractivity contribution is 0.394. The summed E-state index contributed by atoms with van der Waals surface area (Å²) in [7, 11) is -1.14. The summed E-state index contributed by atoms with van der Waals surface area (Å²) < 4.78 is 0.787. The molecule has 0 rings (SSSR count). The second-order valence-electron chi connectivity index (χ2n) is 1.55. The molecule has 1 unspecified atom stereocenters. The molecule has 0 aromatic rings. The molecular formula is C3H8BIO2. The molecule has 2 nitrogen and oxygen atoms in total. The van der Waals surface area contributed by atoms with E-state index in [1.807, 2.05) is 0 Å². The Bertz CT molecular complexity index is 50.2. The average molecular weight is 214 g/mol. The van der Waals surface area contributed by atoms with Crippen LogP contribution in [0.25, 0.3) is 0 Å². The second-order valence-corrected chi connectivity index (χ2v) is 2.43. The topological polar surface area (TPSA) is 40.5 Å². The van der Waals surface area contributed by atoms with Gasteiger partial charge < -0.3 is 10.0 Å². The van der Waals surface area contributed by atoms with Crippen LogP contribution in [0.15, 0.2) is 0 Å². The largest absolute Gasteiger partial charge is 0.455 e. The van der Waals surface area contributed by atoms with Crippen molar-refractivity contribution in [1.82, 2.24) is 0 Å². The normalized spacial score (nSPS) is 13.7. The van der Waals surface area contributed by atoms with Gasteiger partial charge in [-0.2, -0.15) is 0 Å². The van der Waals surface area contributed by atoms with E-state index in [-0.39, 0.29) is 5.82 Å². The van der Waals surface area contributed by atoms with Crippen LogP contribution in [0.5, 0.6) is 0 Å². The molecule has 2 N–H and O–H groups in total. The second kappa shape index (κ2) is 3.68. The van der Waals surface area contributed by atoms with Gasteiger partial charge in [0, 0.05) is 4.43 Å². The molecule has 42 valence electrons. The van der Waals surface area contributed by atoms with Crippen LogP contribution in [-0.4, -0.2) is 21.6 Å². The molecule has 0 saturated heterocycles. The molecule has 0 aliphatic carbocycles. The highest BCUT2D eigenvalue weighted by Crippen LogP contribution is 2.07. The Morgan fingerprint density at radius 3 is 2.14 bits per heavy atom. The van der Waals surface area contributed by atoms with Crippen LogP contribution in [0, 0.1) is 0 Å². The first-order valence-electron chi connectivity index (χ1n) is 2.10. The van der Waals surface area contributed by atoms with E-state index in [0.717, 1.165) is 4.43 Å². The molecule has 0 aliphatic heterocycles. The maximum absolute atomic E-state index is 8.37. The van der Waals surface area contributed by atoms with Gasteiger partial charge in [0.1, 0.15) is 0 Å². The zero-order chi connectivity index (χ0) is 5.86. The van der Waals surface area contributed by atoms with Crippen molar-refractivity contribution in [3.63, 3.8) is 0 Å². The van der Waals surface area contributed by atoms with E-state index in [2.05, 4.69) is 22.6 Å². The summed E-state index contributed by atoms with van der Waals surface area (Å²) in [5.41, 5.74) is 0. The van der Waals surface area contributed by atoms with Crippen molar-refractivity contribution < 1.29 is 10.0 Å². The molecular weight excluding hydrogens is 206 g/mol. The quantitative estimate of drug-likeness (QED) is 0.393. The monoisotopic (exact) mass is 214 g/mol. The van der Waals surface area contributed by atoms with E-state index in [9.17, 15) is 0 Å². The van der Waals surface area contributed by atoms with Crippen molar-refractivity contribution in [3.05, 3.63) is 0 Å². The summed E-state index contributed by atoms with van der Waals surface area (Å²) >= 11 is 2.11. The van der Waals surface area contributed by atoms with Gasteiger partial charge in [-0.05, 0) is 5.82 Å². The minimum Gasteiger partial charge on any atom is -0.427 e. The zero-order valence-electron chi connectivity index (χ0n) is 4.13. The summed E-state index contributed by atoms with van der Waals surface area (Å²) in [6, 6.07) is 0. The van der Waals surface area contributed by atoms with Gasteiger partial charge in [-0.25, -0.2) is 0 Å². The summed E-state index contributed by atoms with van der Waals surface area (Å²) in [5.74, 6) is 0.000556. The molecule has 0 aromatic heterocycles. The van der Waals surface area contributed by atoms with Crippen molar-refractivity contribution in [1.29, 1.82) is 0 Å². The highest BCUT2D eigenvalue weighted by atomic mass is 127. The van der Waals surface area contributed by atoms with Gasteiger partial charge in [0.2, 0.25) is 0 Å². The fourth-order valence-electron chi connectivity index (χ4n) is 0.0797. The Kier molecular flexibility index (Phi) is 4.06. The third-order valence-corrected chi connectivity index (χ3v) is 2.14. The average Bonchev–Trinajstić information content (AvgIpc) is 1.65. The van der Waals surface area contributed by atoms with Crippen LogP contribution in [0.4, 0.5) is 0 Å². The first-order chi connectivity index (χ1) is 3.18. The number of halogens is 1. The van der Waals surface area contributed by atoms with E-state index >= 15 is 0 Å². The molecule has 0 amide bonds.